The number of rotatable bonds is 4. The third-order valence-corrected chi connectivity index (χ3v) is 3.74. The fourth-order valence-electron chi connectivity index (χ4n) is 2.89. The van der Waals surface area contributed by atoms with E-state index in [1.54, 1.807) is 7.11 Å². The van der Waals surface area contributed by atoms with Gasteiger partial charge in [-0.1, -0.05) is 0 Å². The van der Waals surface area contributed by atoms with E-state index in [0.29, 0.717) is 30.9 Å². The molecule has 2 rings (SSSR count). The Bertz CT molecular complexity index is 245. The Morgan fingerprint density at radius 2 is 2.38 bits per heavy atom. The molecule has 2 aliphatic rings. The minimum atomic E-state index is 0.315. The largest absolute Gasteiger partial charge is 0.385 e. The molecule has 4 nitrogen and oxygen atoms in total. The molecule has 2 heterocycles. The number of nitrogens with one attached hydrogen (secondary N) is 1. The van der Waals surface area contributed by atoms with Crippen molar-refractivity contribution in [3.63, 3.8) is 0 Å². The Kier molecular flexibility index (Phi) is 4.18. The van der Waals surface area contributed by atoms with Gasteiger partial charge >= 0.3 is 0 Å². The molecule has 1 N–H and O–H groups in total. The van der Waals surface area contributed by atoms with Gasteiger partial charge in [0, 0.05) is 45.8 Å². The molecular formula is C12H22N2O2. The van der Waals surface area contributed by atoms with Gasteiger partial charge in [0.2, 0.25) is 5.91 Å². The Hall–Kier alpha value is -0.610. The van der Waals surface area contributed by atoms with E-state index in [0.717, 1.165) is 26.1 Å². The number of ether oxygens (including phenoxy) is 1. The van der Waals surface area contributed by atoms with Crippen LogP contribution in [-0.4, -0.2) is 50.2 Å². The van der Waals surface area contributed by atoms with Crippen LogP contribution in [-0.2, 0) is 9.53 Å². The van der Waals surface area contributed by atoms with Gasteiger partial charge in [-0.05, 0) is 25.2 Å². The maximum absolute atomic E-state index is 12.1. The van der Waals surface area contributed by atoms with E-state index >= 15 is 0 Å². The number of nitrogens with zero attached hydrogens (tertiary/aromatic N) is 1. The molecule has 2 saturated heterocycles. The van der Waals surface area contributed by atoms with Crippen molar-refractivity contribution in [3.8, 4) is 0 Å². The Morgan fingerprint density at radius 3 is 3.19 bits per heavy atom. The summed E-state index contributed by atoms with van der Waals surface area (Å²) < 4.78 is 4.98. The summed E-state index contributed by atoms with van der Waals surface area (Å²) >= 11 is 0. The maximum atomic E-state index is 12.1. The number of carbonyl (C=O) groups excluding carboxylic acids is 1. The molecular weight excluding hydrogens is 204 g/mol. The van der Waals surface area contributed by atoms with Crippen molar-refractivity contribution in [1.29, 1.82) is 0 Å². The highest BCUT2D eigenvalue weighted by molar-refractivity contribution is 5.76. The first-order chi connectivity index (χ1) is 7.83. The lowest BCUT2D eigenvalue weighted by Crippen LogP contribution is -2.48. The van der Waals surface area contributed by atoms with Crippen LogP contribution in [0.5, 0.6) is 0 Å². The molecule has 0 aromatic heterocycles. The predicted molar refractivity (Wildman–Crippen MR) is 62.2 cm³/mol. The first kappa shape index (κ1) is 11.9. The van der Waals surface area contributed by atoms with Crippen molar-refractivity contribution in [1.82, 2.24) is 10.2 Å². The van der Waals surface area contributed by atoms with E-state index in [9.17, 15) is 4.79 Å². The van der Waals surface area contributed by atoms with Crippen LogP contribution in [0.25, 0.3) is 0 Å². The summed E-state index contributed by atoms with van der Waals surface area (Å²) in [7, 11) is 1.68. The van der Waals surface area contributed by atoms with Crippen molar-refractivity contribution in [2.24, 2.45) is 5.92 Å². The van der Waals surface area contributed by atoms with Gasteiger partial charge in [-0.15, -0.1) is 0 Å². The molecule has 0 saturated carbocycles. The van der Waals surface area contributed by atoms with E-state index in [2.05, 4.69) is 10.2 Å². The standard InChI is InChI=1S/C12H22N2O2/c1-16-7-3-5-12(15)14-6-2-4-10-8-13-9-11(10)14/h10-11,13H,2-9H2,1H3. The minimum Gasteiger partial charge on any atom is -0.385 e. The number of fused-ring (bicyclic) bond motifs is 1. The van der Waals surface area contributed by atoms with Gasteiger partial charge in [-0.2, -0.15) is 0 Å². The molecule has 0 aromatic rings. The predicted octanol–water partition coefficient (Wildman–Crippen LogP) is 0.623. The lowest BCUT2D eigenvalue weighted by atomic mass is 9.92. The lowest BCUT2D eigenvalue weighted by Gasteiger charge is -2.37. The SMILES string of the molecule is COCCCC(=O)N1CCCC2CNCC21. The Morgan fingerprint density at radius 1 is 1.50 bits per heavy atom. The van der Waals surface area contributed by atoms with Crippen molar-refractivity contribution < 1.29 is 9.53 Å². The molecule has 0 aromatic carbocycles. The Labute approximate surface area is 97.3 Å². The minimum absolute atomic E-state index is 0.315. The third-order valence-electron chi connectivity index (χ3n) is 3.74. The van der Waals surface area contributed by atoms with Gasteiger partial charge in [0.15, 0.2) is 0 Å². The summed E-state index contributed by atoms with van der Waals surface area (Å²) in [6.45, 7) is 3.72. The molecule has 92 valence electrons. The van der Waals surface area contributed by atoms with Gasteiger partial charge in [-0.3, -0.25) is 4.79 Å². The lowest BCUT2D eigenvalue weighted by molar-refractivity contribution is -0.135. The topological polar surface area (TPSA) is 41.6 Å². The molecule has 4 heteroatoms. The molecule has 2 fully saturated rings. The zero-order valence-electron chi connectivity index (χ0n) is 10.1. The molecule has 0 aliphatic carbocycles. The van der Waals surface area contributed by atoms with E-state index in [1.165, 1.54) is 12.8 Å². The van der Waals surface area contributed by atoms with Gasteiger partial charge in [0.05, 0.1) is 0 Å². The number of hydrogen-bond donors (Lipinski definition) is 1. The highest BCUT2D eigenvalue weighted by atomic mass is 16.5. The van der Waals surface area contributed by atoms with Crippen molar-refractivity contribution in [2.75, 3.05) is 33.4 Å². The molecule has 0 spiro atoms. The monoisotopic (exact) mass is 226 g/mol. The summed E-state index contributed by atoms with van der Waals surface area (Å²) in [5, 5.41) is 3.40. The molecule has 2 unspecified atom stereocenters. The normalized spacial score (nSPS) is 29.2. The third kappa shape index (κ3) is 2.55. The number of hydrogen-bond acceptors (Lipinski definition) is 3. The van der Waals surface area contributed by atoms with Gasteiger partial charge in [0.1, 0.15) is 0 Å². The van der Waals surface area contributed by atoms with Crippen LogP contribution in [0.2, 0.25) is 0 Å². The van der Waals surface area contributed by atoms with Crippen LogP contribution in [0, 0.1) is 5.92 Å². The number of carbonyl (C=O) groups is 1. The highest BCUT2D eigenvalue weighted by Crippen LogP contribution is 2.26. The zero-order valence-corrected chi connectivity index (χ0v) is 10.1. The Balaban J connectivity index is 1.84. The second-order valence-corrected chi connectivity index (χ2v) is 4.81. The van der Waals surface area contributed by atoms with Crippen LogP contribution >= 0.6 is 0 Å². The first-order valence-corrected chi connectivity index (χ1v) is 6.32. The summed E-state index contributed by atoms with van der Waals surface area (Å²) in [5.41, 5.74) is 0. The average Bonchev–Trinajstić information content (AvgIpc) is 2.76. The molecule has 2 atom stereocenters. The molecule has 0 bridgehead atoms. The number of amides is 1. The quantitative estimate of drug-likeness (QED) is 0.715. The van der Waals surface area contributed by atoms with Gasteiger partial charge in [0.25, 0.3) is 0 Å². The van der Waals surface area contributed by atoms with Crippen molar-refractivity contribution in [3.05, 3.63) is 0 Å². The van der Waals surface area contributed by atoms with Crippen molar-refractivity contribution >= 4 is 5.91 Å². The number of likely N-dealkylation sites (tertiary alicyclic amines) is 1. The second kappa shape index (κ2) is 5.64. The van der Waals surface area contributed by atoms with Crippen LogP contribution < -0.4 is 5.32 Å². The molecule has 1 amide bonds. The van der Waals surface area contributed by atoms with E-state index in [-0.39, 0.29) is 0 Å². The zero-order chi connectivity index (χ0) is 11.4. The first-order valence-electron chi connectivity index (χ1n) is 6.32. The molecule has 2 aliphatic heterocycles. The maximum Gasteiger partial charge on any atom is 0.222 e. The van der Waals surface area contributed by atoms with Gasteiger partial charge in [-0.25, -0.2) is 0 Å². The van der Waals surface area contributed by atoms with Crippen LogP contribution in [0.4, 0.5) is 0 Å². The van der Waals surface area contributed by atoms with Crippen LogP contribution in [0.15, 0.2) is 0 Å². The van der Waals surface area contributed by atoms with E-state index in [4.69, 9.17) is 4.74 Å². The molecule has 0 radical (unpaired) electrons. The fourth-order valence-corrected chi connectivity index (χ4v) is 2.89. The number of piperidine rings is 1. The van der Waals surface area contributed by atoms with Crippen molar-refractivity contribution in [2.45, 2.75) is 31.7 Å². The van der Waals surface area contributed by atoms with Crippen LogP contribution in [0.1, 0.15) is 25.7 Å². The van der Waals surface area contributed by atoms with Crippen LogP contribution in [0.3, 0.4) is 0 Å². The fraction of sp³-hybridized carbons (Fsp3) is 0.917. The summed E-state index contributed by atoms with van der Waals surface area (Å²) in [4.78, 5) is 14.2. The number of methoxy groups -OCH3 is 1. The highest BCUT2D eigenvalue weighted by Gasteiger charge is 2.36. The summed E-state index contributed by atoms with van der Waals surface area (Å²) in [6, 6.07) is 0.462. The summed E-state index contributed by atoms with van der Waals surface area (Å²) in [6.07, 6.45) is 3.92. The molecule has 16 heavy (non-hydrogen) atoms. The van der Waals surface area contributed by atoms with E-state index < -0.39 is 0 Å². The van der Waals surface area contributed by atoms with Gasteiger partial charge < -0.3 is 15.0 Å². The average molecular weight is 226 g/mol. The second-order valence-electron chi connectivity index (χ2n) is 4.81. The summed E-state index contributed by atoms with van der Waals surface area (Å²) in [5.74, 6) is 1.01. The van der Waals surface area contributed by atoms with E-state index in [1.807, 2.05) is 0 Å². The smallest absolute Gasteiger partial charge is 0.222 e.